The summed E-state index contributed by atoms with van der Waals surface area (Å²) in [5, 5.41) is 12.2. The van der Waals surface area contributed by atoms with E-state index >= 15 is 0 Å². The maximum absolute atomic E-state index is 13.2. The Labute approximate surface area is 115 Å². The first-order valence-electron chi connectivity index (χ1n) is 7.08. The average Bonchev–Trinajstić information content (AvgIpc) is 2.40. The fourth-order valence-electron chi connectivity index (χ4n) is 2.09. The summed E-state index contributed by atoms with van der Waals surface area (Å²) in [7, 11) is 0. The predicted molar refractivity (Wildman–Crippen MR) is 76.2 cm³/mol. The first kappa shape index (κ1) is 15.7. The highest BCUT2D eigenvalue weighted by Gasteiger charge is 2.04. The Morgan fingerprint density at radius 3 is 2.74 bits per heavy atom. The molecule has 0 aliphatic rings. The van der Waals surface area contributed by atoms with E-state index in [4.69, 9.17) is 5.26 Å². The molecule has 3 heteroatoms. The van der Waals surface area contributed by atoms with Gasteiger partial charge < -0.3 is 5.32 Å². The Morgan fingerprint density at radius 2 is 2.05 bits per heavy atom. The molecule has 1 rings (SSSR count). The molecule has 0 aliphatic heterocycles. The van der Waals surface area contributed by atoms with Gasteiger partial charge in [-0.2, -0.15) is 5.26 Å². The number of rotatable bonds is 8. The van der Waals surface area contributed by atoms with Gasteiger partial charge in [-0.1, -0.05) is 32.6 Å². The van der Waals surface area contributed by atoms with Crippen LogP contribution in [0.2, 0.25) is 0 Å². The van der Waals surface area contributed by atoms with E-state index in [0.29, 0.717) is 18.2 Å². The SMILES string of the molecule is CCCCCCC(C)NCc1cc(F)cc(C#N)c1. The van der Waals surface area contributed by atoms with Crippen molar-refractivity contribution in [2.45, 2.75) is 58.5 Å². The number of unbranched alkanes of at least 4 members (excludes halogenated alkanes) is 3. The fraction of sp³-hybridized carbons (Fsp3) is 0.562. The Morgan fingerprint density at radius 1 is 1.26 bits per heavy atom. The van der Waals surface area contributed by atoms with E-state index in [9.17, 15) is 4.39 Å². The van der Waals surface area contributed by atoms with Gasteiger partial charge in [0.1, 0.15) is 5.82 Å². The molecular formula is C16H23FN2. The third-order valence-corrected chi connectivity index (χ3v) is 3.23. The van der Waals surface area contributed by atoms with Gasteiger partial charge in [-0.25, -0.2) is 4.39 Å². The Balaban J connectivity index is 2.35. The predicted octanol–water partition coefficient (Wildman–Crippen LogP) is 4.15. The van der Waals surface area contributed by atoms with Crippen molar-refractivity contribution in [2.75, 3.05) is 0 Å². The fourth-order valence-corrected chi connectivity index (χ4v) is 2.09. The van der Waals surface area contributed by atoms with E-state index in [1.165, 1.54) is 37.8 Å². The van der Waals surface area contributed by atoms with E-state index in [1.54, 1.807) is 6.07 Å². The number of halogens is 1. The van der Waals surface area contributed by atoms with E-state index in [0.717, 1.165) is 12.0 Å². The topological polar surface area (TPSA) is 35.8 Å². The Bertz CT molecular complexity index is 423. The molecule has 19 heavy (non-hydrogen) atoms. The molecule has 2 nitrogen and oxygen atoms in total. The number of nitrogens with zero attached hydrogens (tertiary/aromatic N) is 1. The van der Waals surface area contributed by atoms with Crippen LogP contribution in [0.3, 0.4) is 0 Å². The van der Waals surface area contributed by atoms with Crippen molar-refractivity contribution in [1.29, 1.82) is 5.26 Å². The van der Waals surface area contributed by atoms with Crippen molar-refractivity contribution >= 4 is 0 Å². The van der Waals surface area contributed by atoms with Gasteiger partial charge in [-0.15, -0.1) is 0 Å². The van der Waals surface area contributed by atoms with Crippen LogP contribution < -0.4 is 5.32 Å². The molecular weight excluding hydrogens is 239 g/mol. The largest absolute Gasteiger partial charge is 0.310 e. The van der Waals surface area contributed by atoms with Gasteiger partial charge in [-0.3, -0.25) is 0 Å². The second kappa shape index (κ2) is 8.66. The summed E-state index contributed by atoms with van der Waals surface area (Å²) in [5.41, 5.74) is 1.21. The molecule has 0 fully saturated rings. The molecule has 0 aliphatic carbocycles. The Kier molecular flexibility index (Phi) is 7.14. The van der Waals surface area contributed by atoms with Crippen molar-refractivity contribution in [2.24, 2.45) is 0 Å². The lowest BCUT2D eigenvalue weighted by atomic mass is 10.1. The summed E-state index contributed by atoms with van der Waals surface area (Å²) in [4.78, 5) is 0. The van der Waals surface area contributed by atoms with E-state index in [-0.39, 0.29) is 5.82 Å². The van der Waals surface area contributed by atoms with Crippen LogP contribution in [0.15, 0.2) is 18.2 Å². The molecule has 1 aromatic carbocycles. The summed E-state index contributed by atoms with van der Waals surface area (Å²) in [6, 6.07) is 6.88. The molecule has 104 valence electrons. The van der Waals surface area contributed by atoms with Gasteiger partial charge in [0.25, 0.3) is 0 Å². The number of hydrogen-bond acceptors (Lipinski definition) is 2. The molecule has 0 amide bonds. The first-order chi connectivity index (χ1) is 9.15. The summed E-state index contributed by atoms with van der Waals surface area (Å²) < 4.78 is 13.2. The minimum Gasteiger partial charge on any atom is -0.310 e. The van der Waals surface area contributed by atoms with Gasteiger partial charge in [0, 0.05) is 12.6 Å². The summed E-state index contributed by atoms with van der Waals surface area (Å²) in [6.45, 7) is 4.97. The highest BCUT2D eigenvalue weighted by molar-refractivity contribution is 5.33. The van der Waals surface area contributed by atoms with Gasteiger partial charge >= 0.3 is 0 Å². The minimum atomic E-state index is -0.341. The van der Waals surface area contributed by atoms with Gasteiger partial charge in [0.05, 0.1) is 11.6 Å². The number of nitrogens with one attached hydrogen (secondary N) is 1. The highest BCUT2D eigenvalue weighted by Crippen LogP contribution is 2.10. The lowest BCUT2D eigenvalue weighted by molar-refractivity contribution is 0.482. The van der Waals surface area contributed by atoms with Crippen LogP contribution in [0.1, 0.15) is 57.1 Å². The molecule has 0 aromatic heterocycles. The first-order valence-corrected chi connectivity index (χ1v) is 7.08. The van der Waals surface area contributed by atoms with Crippen LogP contribution in [0.25, 0.3) is 0 Å². The molecule has 0 saturated heterocycles. The highest BCUT2D eigenvalue weighted by atomic mass is 19.1. The van der Waals surface area contributed by atoms with Gasteiger partial charge in [0.15, 0.2) is 0 Å². The number of benzene rings is 1. The Hall–Kier alpha value is -1.40. The monoisotopic (exact) mass is 262 g/mol. The van der Waals surface area contributed by atoms with Crippen LogP contribution in [0.4, 0.5) is 4.39 Å². The third kappa shape index (κ3) is 6.35. The third-order valence-electron chi connectivity index (χ3n) is 3.23. The minimum absolute atomic E-state index is 0.341. The zero-order valence-corrected chi connectivity index (χ0v) is 11.9. The van der Waals surface area contributed by atoms with E-state index < -0.39 is 0 Å². The van der Waals surface area contributed by atoms with Crippen LogP contribution in [-0.2, 0) is 6.54 Å². The lowest BCUT2D eigenvalue weighted by Gasteiger charge is -2.13. The van der Waals surface area contributed by atoms with Gasteiger partial charge in [0.2, 0.25) is 0 Å². The zero-order chi connectivity index (χ0) is 14.1. The molecule has 1 N–H and O–H groups in total. The van der Waals surface area contributed by atoms with Gasteiger partial charge in [-0.05, 0) is 37.1 Å². The molecule has 0 spiro atoms. The van der Waals surface area contributed by atoms with E-state index in [1.807, 2.05) is 6.07 Å². The maximum atomic E-state index is 13.2. The van der Waals surface area contributed by atoms with Crippen molar-refractivity contribution in [3.05, 3.63) is 35.1 Å². The summed E-state index contributed by atoms with van der Waals surface area (Å²) in [6.07, 6.45) is 6.19. The molecule has 1 aromatic rings. The number of hydrogen-bond donors (Lipinski definition) is 1. The average molecular weight is 262 g/mol. The van der Waals surface area contributed by atoms with Crippen LogP contribution >= 0.6 is 0 Å². The lowest BCUT2D eigenvalue weighted by Crippen LogP contribution is -2.25. The summed E-state index contributed by atoms with van der Waals surface area (Å²) >= 11 is 0. The van der Waals surface area contributed by atoms with E-state index in [2.05, 4.69) is 19.2 Å². The summed E-state index contributed by atoms with van der Waals surface area (Å²) in [5.74, 6) is -0.341. The smallest absolute Gasteiger partial charge is 0.124 e. The number of nitriles is 1. The standard InChI is InChI=1S/C16H23FN2/c1-3-4-5-6-7-13(2)19-12-15-8-14(11-18)9-16(17)10-15/h8-10,13,19H,3-7,12H2,1-2H3. The second-order valence-corrected chi connectivity index (χ2v) is 5.09. The van der Waals surface area contributed by atoms with Crippen LogP contribution in [0.5, 0.6) is 0 Å². The van der Waals surface area contributed by atoms with Crippen molar-refractivity contribution in [1.82, 2.24) is 5.32 Å². The molecule has 0 saturated carbocycles. The van der Waals surface area contributed by atoms with Crippen LogP contribution in [-0.4, -0.2) is 6.04 Å². The second-order valence-electron chi connectivity index (χ2n) is 5.09. The van der Waals surface area contributed by atoms with Crippen molar-refractivity contribution in [3.8, 4) is 6.07 Å². The van der Waals surface area contributed by atoms with Crippen molar-refractivity contribution < 1.29 is 4.39 Å². The molecule has 1 unspecified atom stereocenters. The molecule has 1 atom stereocenters. The molecule has 0 radical (unpaired) electrons. The molecule has 0 bridgehead atoms. The quantitative estimate of drug-likeness (QED) is 0.714. The van der Waals surface area contributed by atoms with Crippen LogP contribution in [0, 0.1) is 17.1 Å². The maximum Gasteiger partial charge on any atom is 0.124 e. The molecule has 0 heterocycles. The van der Waals surface area contributed by atoms with Crippen molar-refractivity contribution in [3.63, 3.8) is 0 Å². The zero-order valence-electron chi connectivity index (χ0n) is 11.9. The normalized spacial score (nSPS) is 12.1.